The molecule has 1 aromatic heterocycles. The normalized spacial score (nSPS) is 10.6. The molecule has 0 bridgehead atoms. The number of carbonyl (C=O) groups excluding carboxylic acids is 1. The summed E-state index contributed by atoms with van der Waals surface area (Å²) < 4.78 is 5.40. The number of alkyl halides is 1. The summed E-state index contributed by atoms with van der Waals surface area (Å²) in [5.41, 5.74) is 4.86. The molecule has 2 rings (SSSR count). The Kier molecular flexibility index (Phi) is 5.62. The summed E-state index contributed by atoms with van der Waals surface area (Å²) in [4.78, 5) is 15.5. The first-order valence-corrected chi connectivity index (χ1v) is 8.26. The van der Waals surface area contributed by atoms with Crippen molar-refractivity contribution in [2.45, 2.75) is 38.6 Å². The average Bonchev–Trinajstić information content (AvgIpc) is 2.83. The largest absolute Gasteiger partial charge is 0.456 e. The fourth-order valence-corrected chi connectivity index (χ4v) is 2.88. The second-order valence-electron chi connectivity index (χ2n) is 5.03. The molecule has 2 aromatic rings. The van der Waals surface area contributed by atoms with E-state index < -0.39 is 0 Å². The van der Waals surface area contributed by atoms with Gasteiger partial charge in [-0.25, -0.2) is 4.79 Å². The number of aromatic nitrogens is 1. The van der Waals surface area contributed by atoms with E-state index in [0.29, 0.717) is 12.3 Å². The number of rotatable bonds is 6. The molecule has 0 unspecified atom stereocenters. The second-order valence-corrected chi connectivity index (χ2v) is 5.59. The maximum Gasteiger partial charge on any atom is 0.355 e. The molecule has 1 N–H and O–H groups in total. The van der Waals surface area contributed by atoms with Crippen molar-refractivity contribution in [3.05, 3.63) is 58.4 Å². The summed E-state index contributed by atoms with van der Waals surface area (Å²) in [6.45, 7) is 4.41. The first-order valence-electron chi connectivity index (χ1n) is 7.14. The van der Waals surface area contributed by atoms with Gasteiger partial charge < -0.3 is 9.72 Å². The van der Waals surface area contributed by atoms with Gasteiger partial charge in [-0.3, -0.25) is 0 Å². The van der Waals surface area contributed by atoms with Crippen molar-refractivity contribution in [2.75, 3.05) is 0 Å². The number of aromatic amines is 1. The third-order valence-corrected chi connectivity index (χ3v) is 4.08. The van der Waals surface area contributed by atoms with Crippen LogP contribution in [0.4, 0.5) is 0 Å². The Morgan fingerprint density at radius 1 is 1.29 bits per heavy atom. The summed E-state index contributed by atoms with van der Waals surface area (Å²) in [6, 6.07) is 9.71. The number of carbonyl (C=O) groups is 1. The van der Waals surface area contributed by atoms with E-state index in [-0.39, 0.29) is 5.97 Å². The zero-order chi connectivity index (χ0) is 15.2. The maximum atomic E-state index is 12.3. The Labute approximate surface area is 133 Å². The zero-order valence-electron chi connectivity index (χ0n) is 12.4. The molecule has 0 aliphatic heterocycles. The Bertz CT molecular complexity index is 605. The molecule has 1 aromatic carbocycles. The first-order chi connectivity index (χ1) is 10.2. The van der Waals surface area contributed by atoms with Gasteiger partial charge in [0.15, 0.2) is 0 Å². The number of hydrogen-bond donors (Lipinski definition) is 1. The van der Waals surface area contributed by atoms with Crippen LogP contribution in [0.25, 0.3) is 0 Å². The SMILES string of the molecule is CCCc1c(CBr)[nH]c(C(=O)OCc2ccccc2)c1C. The van der Waals surface area contributed by atoms with Crippen LogP contribution in [0.15, 0.2) is 30.3 Å². The minimum absolute atomic E-state index is 0.291. The predicted molar refractivity (Wildman–Crippen MR) is 87.7 cm³/mol. The molecule has 0 saturated carbocycles. The average molecular weight is 350 g/mol. The molecule has 3 nitrogen and oxygen atoms in total. The fourth-order valence-electron chi connectivity index (χ4n) is 2.40. The molecule has 0 aliphatic rings. The van der Waals surface area contributed by atoms with E-state index in [2.05, 4.69) is 27.8 Å². The standard InChI is InChI=1S/C17H20BrNO2/c1-3-7-14-12(2)16(19-15(14)10-18)17(20)21-11-13-8-5-4-6-9-13/h4-6,8-9,19H,3,7,10-11H2,1-2H3. The van der Waals surface area contributed by atoms with Crippen LogP contribution in [0.3, 0.4) is 0 Å². The maximum absolute atomic E-state index is 12.3. The molecular weight excluding hydrogens is 330 g/mol. The highest BCUT2D eigenvalue weighted by Gasteiger charge is 2.19. The van der Waals surface area contributed by atoms with Crippen molar-refractivity contribution in [1.29, 1.82) is 0 Å². The van der Waals surface area contributed by atoms with Gasteiger partial charge in [-0.15, -0.1) is 0 Å². The van der Waals surface area contributed by atoms with Crippen molar-refractivity contribution in [1.82, 2.24) is 4.98 Å². The van der Waals surface area contributed by atoms with E-state index >= 15 is 0 Å². The van der Waals surface area contributed by atoms with Gasteiger partial charge in [-0.1, -0.05) is 59.6 Å². The fraction of sp³-hybridized carbons (Fsp3) is 0.353. The number of H-pyrrole nitrogens is 1. The molecule has 0 spiro atoms. The minimum atomic E-state index is -0.291. The molecule has 0 saturated heterocycles. The minimum Gasteiger partial charge on any atom is -0.456 e. The molecule has 4 heteroatoms. The van der Waals surface area contributed by atoms with Gasteiger partial charge in [0, 0.05) is 11.0 Å². The third-order valence-electron chi connectivity index (χ3n) is 3.52. The smallest absolute Gasteiger partial charge is 0.355 e. The van der Waals surface area contributed by atoms with Crippen molar-refractivity contribution in [3.63, 3.8) is 0 Å². The van der Waals surface area contributed by atoms with Crippen LogP contribution in [0.1, 0.15) is 46.2 Å². The molecule has 0 aliphatic carbocycles. The van der Waals surface area contributed by atoms with Crippen molar-refractivity contribution < 1.29 is 9.53 Å². The van der Waals surface area contributed by atoms with E-state index in [0.717, 1.165) is 35.0 Å². The van der Waals surface area contributed by atoms with E-state index in [1.54, 1.807) is 0 Å². The summed E-state index contributed by atoms with van der Waals surface area (Å²) in [7, 11) is 0. The van der Waals surface area contributed by atoms with Crippen LogP contribution in [0, 0.1) is 6.92 Å². The van der Waals surface area contributed by atoms with Crippen molar-refractivity contribution in [3.8, 4) is 0 Å². The van der Waals surface area contributed by atoms with E-state index in [1.165, 1.54) is 5.56 Å². The lowest BCUT2D eigenvalue weighted by Crippen LogP contribution is -2.07. The van der Waals surface area contributed by atoms with Crippen LogP contribution in [0.5, 0.6) is 0 Å². The van der Waals surface area contributed by atoms with E-state index in [1.807, 2.05) is 37.3 Å². The first kappa shape index (κ1) is 15.8. The Morgan fingerprint density at radius 3 is 2.62 bits per heavy atom. The highest BCUT2D eigenvalue weighted by atomic mass is 79.9. The molecule has 0 radical (unpaired) electrons. The number of hydrogen-bond acceptors (Lipinski definition) is 2. The lowest BCUT2D eigenvalue weighted by Gasteiger charge is -2.05. The summed E-state index contributed by atoms with van der Waals surface area (Å²) in [5, 5.41) is 0.717. The number of nitrogens with one attached hydrogen (secondary N) is 1. The Balaban J connectivity index is 2.12. The third kappa shape index (κ3) is 3.76. The highest BCUT2D eigenvalue weighted by Crippen LogP contribution is 2.23. The van der Waals surface area contributed by atoms with Crippen LogP contribution >= 0.6 is 15.9 Å². The number of ether oxygens (including phenoxy) is 1. The van der Waals surface area contributed by atoms with E-state index in [9.17, 15) is 4.79 Å². The summed E-state index contributed by atoms with van der Waals surface area (Å²) in [6.07, 6.45) is 2.02. The molecule has 0 atom stereocenters. The van der Waals surface area contributed by atoms with Crippen LogP contribution in [0.2, 0.25) is 0 Å². The second kappa shape index (κ2) is 7.46. The quantitative estimate of drug-likeness (QED) is 0.614. The summed E-state index contributed by atoms with van der Waals surface area (Å²) >= 11 is 3.47. The van der Waals surface area contributed by atoms with E-state index in [4.69, 9.17) is 4.74 Å². The summed E-state index contributed by atoms with van der Waals surface area (Å²) in [5.74, 6) is -0.291. The van der Waals surface area contributed by atoms with Crippen LogP contribution in [-0.2, 0) is 23.1 Å². The van der Waals surface area contributed by atoms with Gasteiger partial charge in [0.05, 0.1) is 0 Å². The molecular formula is C17H20BrNO2. The topological polar surface area (TPSA) is 42.1 Å². The van der Waals surface area contributed by atoms with Gasteiger partial charge in [0.25, 0.3) is 0 Å². The van der Waals surface area contributed by atoms with Gasteiger partial charge in [-0.2, -0.15) is 0 Å². The Morgan fingerprint density at radius 2 is 2.00 bits per heavy atom. The van der Waals surface area contributed by atoms with Gasteiger partial charge in [0.2, 0.25) is 0 Å². The van der Waals surface area contributed by atoms with Gasteiger partial charge >= 0.3 is 5.97 Å². The molecule has 21 heavy (non-hydrogen) atoms. The molecule has 112 valence electrons. The van der Waals surface area contributed by atoms with Crippen LogP contribution in [-0.4, -0.2) is 11.0 Å². The van der Waals surface area contributed by atoms with Gasteiger partial charge in [-0.05, 0) is 30.0 Å². The Hall–Kier alpha value is -1.55. The molecule has 1 heterocycles. The highest BCUT2D eigenvalue weighted by molar-refractivity contribution is 9.08. The van der Waals surface area contributed by atoms with Gasteiger partial charge in [0.1, 0.15) is 12.3 Å². The number of benzene rings is 1. The zero-order valence-corrected chi connectivity index (χ0v) is 14.0. The van der Waals surface area contributed by atoms with Crippen molar-refractivity contribution >= 4 is 21.9 Å². The lowest BCUT2D eigenvalue weighted by molar-refractivity contribution is 0.0465. The molecule has 0 amide bonds. The lowest BCUT2D eigenvalue weighted by atomic mass is 10.1. The van der Waals surface area contributed by atoms with Crippen LogP contribution < -0.4 is 0 Å². The monoisotopic (exact) mass is 349 g/mol. The number of halogens is 1. The number of esters is 1. The van der Waals surface area contributed by atoms with Crippen molar-refractivity contribution in [2.24, 2.45) is 0 Å². The molecule has 0 fully saturated rings. The predicted octanol–water partition coefficient (Wildman–Crippen LogP) is 4.53.